The molecule has 1 aliphatic rings. The Labute approximate surface area is 163 Å². The molecule has 2 aromatic carbocycles. The first-order chi connectivity index (χ1) is 13.5. The molecule has 0 radical (unpaired) electrons. The van der Waals surface area contributed by atoms with Gasteiger partial charge in [-0.05, 0) is 55.2 Å². The third-order valence-electron chi connectivity index (χ3n) is 4.76. The van der Waals surface area contributed by atoms with Gasteiger partial charge in [-0.15, -0.1) is 0 Å². The molecule has 0 atom stereocenters. The summed E-state index contributed by atoms with van der Waals surface area (Å²) in [5.41, 5.74) is 5.26. The van der Waals surface area contributed by atoms with E-state index in [1.807, 2.05) is 6.92 Å². The fraction of sp³-hybridized carbons (Fsp3) is 0.333. The number of hydrazine groups is 1. The molecule has 1 aliphatic carbocycles. The summed E-state index contributed by atoms with van der Waals surface area (Å²) >= 11 is 0. The number of benzene rings is 2. The van der Waals surface area contributed by atoms with Crippen LogP contribution in [0.4, 0.5) is 4.39 Å². The fourth-order valence-corrected chi connectivity index (χ4v) is 2.99. The first-order valence-electron chi connectivity index (χ1n) is 9.18. The minimum absolute atomic E-state index is 0.317. The number of halogens is 1. The number of hydrogen-bond donors (Lipinski definition) is 2. The first-order valence-corrected chi connectivity index (χ1v) is 9.18. The van der Waals surface area contributed by atoms with Gasteiger partial charge < -0.3 is 9.47 Å². The lowest BCUT2D eigenvalue weighted by Gasteiger charge is -2.16. The quantitative estimate of drug-likeness (QED) is 0.717. The molecule has 1 fully saturated rings. The largest absolute Gasteiger partial charge is 0.493 e. The van der Waals surface area contributed by atoms with Crippen molar-refractivity contribution < 1.29 is 23.5 Å². The van der Waals surface area contributed by atoms with E-state index in [9.17, 15) is 14.0 Å². The molecule has 28 heavy (non-hydrogen) atoms. The predicted octanol–water partition coefficient (Wildman–Crippen LogP) is 3.12. The van der Waals surface area contributed by atoms with Crippen molar-refractivity contribution in [1.82, 2.24) is 10.9 Å². The maximum atomic E-state index is 13.1. The second-order valence-electron chi connectivity index (χ2n) is 6.71. The monoisotopic (exact) mass is 386 g/mol. The highest BCUT2D eigenvalue weighted by molar-refractivity contribution is 5.98. The summed E-state index contributed by atoms with van der Waals surface area (Å²) in [5, 5.41) is 0. The van der Waals surface area contributed by atoms with Gasteiger partial charge in [0.2, 0.25) is 5.91 Å². The summed E-state index contributed by atoms with van der Waals surface area (Å²) in [6.07, 6.45) is 2.16. The van der Waals surface area contributed by atoms with Gasteiger partial charge in [-0.1, -0.05) is 19.1 Å². The van der Waals surface area contributed by atoms with Gasteiger partial charge >= 0.3 is 0 Å². The van der Waals surface area contributed by atoms with Crippen LogP contribution in [0.1, 0.15) is 42.1 Å². The zero-order valence-corrected chi connectivity index (χ0v) is 15.9. The molecule has 2 N–H and O–H groups in total. The number of carbonyl (C=O) groups is 2. The lowest BCUT2D eigenvalue weighted by Crippen LogP contribution is -2.46. The highest BCUT2D eigenvalue weighted by Gasteiger charge is 2.51. The second kappa shape index (κ2) is 8.29. The normalized spacial score (nSPS) is 14.1. The average Bonchev–Trinajstić information content (AvgIpc) is 3.52. The van der Waals surface area contributed by atoms with E-state index in [-0.39, 0.29) is 11.7 Å². The number of rotatable bonds is 7. The topological polar surface area (TPSA) is 76.7 Å². The van der Waals surface area contributed by atoms with Crippen LogP contribution in [0.3, 0.4) is 0 Å². The molecule has 2 aromatic rings. The van der Waals surface area contributed by atoms with Crippen LogP contribution in [0, 0.1) is 5.82 Å². The number of amides is 2. The number of nitrogens with one attached hydrogen (secondary N) is 2. The van der Waals surface area contributed by atoms with Crippen molar-refractivity contribution >= 4 is 11.8 Å². The molecular weight excluding hydrogens is 363 g/mol. The first kappa shape index (κ1) is 19.7. The van der Waals surface area contributed by atoms with Gasteiger partial charge in [0.15, 0.2) is 11.5 Å². The van der Waals surface area contributed by atoms with Crippen LogP contribution >= 0.6 is 0 Å². The highest BCUT2D eigenvalue weighted by Crippen LogP contribution is 2.48. The smallest absolute Gasteiger partial charge is 0.269 e. The molecule has 0 heterocycles. The average molecular weight is 386 g/mol. The summed E-state index contributed by atoms with van der Waals surface area (Å²) in [6.45, 7) is 2.54. The molecule has 1 saturated carbocycles. The van der Waals surface area contributed by atoms with E-state index in [1.165, 1.54) is 19.2 Å². The van der Waals surface area contributed by atoms with Crippen LogP contribution in [-0.4, -0.2) is 25.5 Å². The molecule has 0 unspecified atom stereocenters. The van der Waals surface area contributed by atoms with Gasteiger partial charge in [-0.2, -0.15) is 0 Å². The van der Waals surface area contributed by atoms with Crippen molar-refractivity contribution in [2.75, 3.05) is 13.7 Å². The Morgan fingerprint density at radius 2 is 1.79 bits per heavy atom. The van der Waals surface area contributed by atoms with Crippen LogP contribution < -0.4 is 20.3 Å². The molecule has 0 bridgehead atoms. The summed E-state index contributed by atoms with van der Waals surface area (Å²) in [7, 11) is 1.50. The van der Waals surface area contributed by atoms with Crippen molar-refractivity contribution in [3.63, 3.8) is 0 Å². The zero-order valence-electron chi connectivity index (χ0n) is 15.9. The lowest BCUT2D eigenvalue weighted by atomic mass is 9.95. The maximum Gasteiger partial charge on any atom is 0.269 e. The number of ether oxygens (including phenoxy) is 2. The lowest BCUT2D eigenvalue weighted by molar-refractivity contribution is -0.124. The van der Waals surface area contributed by atoms with Crippen molar-refractivity contribution in [2.45, 2.75) is 31.6 Å². The van der Waals surface area contributed by atoms with Crippen LogP contribution in [0.15, 0.2) is 42.5 Å². The SMILES string of the molecule is CCCOc1ccc(C(=O)NNC(=O)C2(c3ccc(F)cc3)CC2)cc1OC. The molecule has 0 aromatic heterocycles. The number of carbonyl (C=O) groups excluding carboxylic acids is 2. The van der Waals surface area contributed by atoms with Gasteiger partial charge in [0, 0.05) is 5.56 Å². The van der Waals surface area contributed by atoms with E-state index in [4.69, 9.17) is 9.47 Å². The fourth-order valence-electron chi connectivity index (χ4n) is 2.99. The Morgan fingerprint density at radius 1 is 1.07 bits per heavy atom. The van der Waals surface area contributed by atoms with Crippen molar-refractivity contribution in [3.8, 4) is 11.5 Å². The molecule has 6 nitrogen and oxygen atoms in total. The van der Waals surface area contributed by atoms with Gasteiger partial charge in [-0.3, -0.25) is 20.4 Å². The van der Waals surface area contributed by atoms with Gasteiger partial charge in [-0.25, -0.2) is 4.39 Å². The molecule has 0 spiro atoms. The summed E-state index contributed by atoms with van der Waals surface area (Å²) in [5.74, 6) is -0.143. The summed E-state index contributed by atoms with van der Waals surface area (Å²) in [4.78, 5) is 25.0. The van der Waals surface area contributed by atoms with E-state index < -0.39 is 11.3 Å². The molecule has 148 valence electrons. The van der Waals surface area contributed by atoms with Gasteiger partial charge in [0.25, 0.3) is 5.91 Å². The van der Waals surface area contributed by atoms with E-state index in [1.54, 1.807) is 30.3 Å². The van der Waals surface area contributed by atoms with Crippen molar-refractivity contribution in [2.24, 2.45) is 0 Å². The van der Waals surface area contributed by atoms with Gasteiger partial charge in [0.1, 0.15) is 5.82 Å². The van der Waals surface area contributed by atoms with Crippen LogP contribution in [0.2, 0.25) is 0 Å². The summed E-state index contributed by atoms with van der Waals surface area (Å²) in [6, 6.07) is 10.7. The van der Waals surface area contributed by atoms with Crippen LogP contribution in [0.5, 0.6) is 11.5 Å². The van der Waals surface area contributed by atoms with E-state index in [0.717, 1.165) is 12.0 Å². The third-order valence-corrected chi connectivity index (χ3v) is 4.76. The van der Waals surface area contributed by atoms with Crippen molar-refractivity contribution in [3.05, 3.63) is 59.4 Å². The Kier molecular flexibility index (Phi) is 5.82. The van der Waals surface area contributed by atoms with Crippen LogP contribution in [-0.2, 0) is 10.2 Å². The van der Waals surface area contributed by atoms with E-state index >= 15 is 0 Å². The van der Waals surface area contributed by atoms with Crippen molar-refractivity contribution in [1.29, 1.82) is 0 Å². The molecule has 0 saturated heterocycles. The molecular formula is C21H23FN2O4. The minimum atomic E-state index is -0.712. The molecule has 7 heteroatoms. The molecule has 2 amide bonds. The highest BCUT2D eigenvalue weighted by atomic mass is 19.1. The third kappa shape index (κ3) is 4.08. The van der Waals surface area contributed by atoms with Gasteiger partial charge in [0.05, 0.1) is 19.1 Å². The number of hydrogen-bond acceptors (Lipinski definition) is 4. The standard InChI is InChI=1S/C21H23FN2O4/c1-3-12-28-17-9-4-14(13-18(17)27-2)19(25)23-24-20(26)21(10-11-21)15-5-7-16(22)8-6-15/h4-9,13H,3,10-12H2,1-2H3,(H,23,25)(H,24,26). The Morgan fingerprint density at radius 3 is 2.39 bits per heavy atom. The number of methoxy groups -OCH3 is 1. The molecule has 0 aliphatic heterocycles. The maximum absolute atomic E-state index is 13.1. The predicted molar refractivity (Wildman–Crippen MR) is 102 cm³/mol. The van der Waals surface area contributed by atoms with Crippen LogP contribution in [0.25, 0.3) is 0 Å². The Balaban J connectivity index is 1.63. The van der Waals surface area contributed by atoms with E-state index in [2.05, 4.69) is 10.9 Å². The minimum Gasteiger partial charge on any atom is -0.493 e. The summed E-state index contributed by atoms with van der Waals surface area (Å²) < 4.78 is 24.0. The Bertz CT molecular complexity index is 863. The Hall–Kier alpha value is -3.09. The zero-order chi connectivity index (χ0) is 20.1. The second-order valence-corrected chi connectivity index (χ2v) is 6.71. The molecule has 3 rings (SSSR count). The van der Waals surface area contributed by atoms with E-state index in [0.29, 0.717) is 36.5 Å².